The first kappa shape index (κ1) is 9.85. The van der Waals surface area contributed by atoms with Gasteiger partial charge in [0.15, 0.2) is 0 Å². The van der Waals surface area contributed by atoms with E-state index in [0.717, 1.165) is 6.42 Å². The molecule has 1 aromatic carbocycles. The summed E-state index contributed by atoms with van der Waals surface area (Å²) >= 11 is 0. The molecule has 0 spiro atoms. The van der Waals surface area contributed by atoms with E-state index in [2.05, 4.69) is 37.0 Å². The van der Waals surface area contributed by atoms with Crippen LogP contribution in [0.4, 0.5) is 5.69 Å². The summed E-state index contributed by atoms with van der Waals surface area (Å²) < 4.78 is 0. The van der Waals surface area contributed by atoms with Crippen LogP contribution in [0.5, 0.6) is 0 Å². The van der Waals surface area contributed by atoms with Gasteiger partial charge in [-0.25, -0.2) is 0 Å². The third kappa shape index (κ3) is 2.35. The topological polar surface area (TPSA) is 12.0 Å². The molecule has 1 heteroatoms. The van der Waals surface area contributed by atoms with E-state index in [-0.39, 0.29) is 0 Å². The standard InChI is InChI=1S/C12H17N/c1-4-6-11-9-12(13-3)8-7-10(11)5-2/h5,7-9,13H,2,4,6H2,1,3H3. The first-order valence-electron chi connectivity index (χ1n) is 4.75. The summed E-state index contributed by atoms with van der Waals surface area (Å²) in [6.45, 7) is 6.00. The zero-order valence-electron chi connectivity index (χ0n) is 8.43. The Kier molecular flexibility index (Phi) is 3.56. The van der Waals surface area contributed by atoms with Crippen molar-refractivity contribution in [2.45, 2.75) is 19.8 Å². The third-order valence-corrected chi connectivity index (χ3v) is 2.17. The fraction of sp³-hybridized carbons (Fsp3) is 0.333. The second-order valence-corrected chi connectivity index (χ2v) is 3.12. The summed E-state index contributed by atoms with van der Waals surface area (Å²) in [7, 11) is 1.94. The Labute approximate surface area is 80.5 Å². The van der Waals surface area contributed by atoms with Gasteiger partial charge in [0.05, 0.1) is 0 Å². The first-order valence-corrected chi connectivity index (χ1v) is 4.75. The Morgan fingerprint density at radius 2 is 2.23 bits per heavy atom. The molecule has 0 bridgehead atoms. The Morgan fingerprint density at radius 3 is 2.77 bits per heavy atom. The molecule has 0 heterocycles. The minimum Gasteiger partial charge on any atom is -0.388 e. The van der Waals surface area contributed by atoms with Crippen molar-refractivity contribution < 1.29 is 0 Å². The molecule has 0 aliphatic rings. The maximum absolute atomic E-state index is 3.81. The van der Waals surface area contributed by atoms with Crippen molar-refractivity contribution in [3.8, 4) is 0 Å². The average Bonchev–Trinajstić information content (AvgIpc) is 2.18. The lowest BCUT2D eigenvalue weighted by molar-refractivity contribution is 0.920. The Bertz CT molecular complexity index is 289. The molecule has 0 aliphatic heterocycles. The molecule has 0 aromatic heterocycles. The van der Waals surface area contributed by atoms with Gasteiger partial charge in [-0.05, 0) is 29.7 Å². The normalized spacial score (nSPS) is 9.69. The van der Waals surface area contributed by atoms with Gasteiger partial charge >= 0.3 is 0 Å². The second kappa shape index (κ2) is 4.70. The van der Waals surface area contributed by atoms with Crippen molar-refractivity contribution in [3.05, 3.63) is 35.9 Å². The fourth-order valence-electron chi connectivity index (χ4n) is 1.45. The third-order valence-electron chi connectivity index (χ3n) is 2.17. The molecule has 0 atom stereocenters. The summed E-state index contributed by atoms with van der Waals surface area (Å²) in [6, 6.07) is 6.39. The SMILES string of the molecule is C=Cc1ccc(NC)cc1CCC. The zero-order valence-corrected chi connectivity index (χ0v) is 8.43. The number of rotatable bonds is 4. The molecule has 0 aliphatic carbocycles. The van der Waals surface area contributed by atoms with E-state index in [4.69, 9.17) is 0 Å². The molecule has 0 unspecified atom stereocenters. The average molecular weight is 175 g/mol. The molecular weight excluding hydrogens is 158 g/mol. The quantitative estimate of drug-likeness (QED) is 0.740. The number of hydrogen-bond acceptors (Lipinski definition) is 1. The Balaban J connectivity index is 3.02. The summed E-state index contributed by atoms with van der Waals surface area (Å²) in [6.07, 6.45) is 4.22. The molecular formula is C12H17N. The van der Waals surface area contributed by atoms with Crippen molar-refractivity contribution in [1.29, 1.82) is 0 Å². The number of hydrogen-bond donors (Lipinski definition) is 1. The Hall–Kier alpha value is -1.24. The molecule has 1 rings (SSSR count). The van der Waals surface area contributed by atoms with Crippen LogP contribution < -0.4 is 5.32 Å². The van der Waals surface area contributed by atoms with Crippen LogP contribution in [0, 0.1) is 0 Å². The van der Waals surface area contributed by atoms with Crippen LogP contribution in [-0.4, -0.2) is 7.05 Å². The lowest BCUT2D eigenvalue weighted by Gasteiger charge is -2.07. The predicted octanol–water partition coefficient (Wildman–Crippen LogP) is 3.32. The van der Waals surface area contributed by atoms with E-state index in [1.165, 1.54) is 23.2 Å². The molecule has 0 amide bonds. The van der Waals surface area contributed by atoms with E-state index < -0.39 is 0 Å². The summed E-state index contributed by atoms with van der Waals surface area (Å²) in [5.74, 6) is 0. The minimum absolute atomic E-state index is 1.12. The summed E-state index contributed by atoms with van der Waals surface area (Å²) in [5, 5.41) is 3.14. The highest BCUT2D eigenvalue weighted by atomic mass is 14.8. The van der Waals surface area contributed by atoms with Crippen LogP contribution in [0.1, 0.15) is 24.5 Å². The monoisotopic (exact) mass is 175 g/mol. The highest BCUT2D eigenvalue weighted by Gasteiger charge is 1.99. The maximum atomic E-state index is 3.81. The number of aryl methyl sites for hydroxylation is 1. The molecule has 1 aromatic rings. The van der Waals surface area contributed by atoms with Gasteiger partial charge in [-0.3, -0.25) is 0 Å². The molecule has 0 fully saturated rings. The van der Waals surface area contributed by atoms with Crippen molar-refractivity contribution in [1.82, 2.24) is 0 Å². The van der Waals surface area contributed by atoms with Crippen LogP contribution in [0.2, 0.25) is 0 Å². The highest BCUT2D eigenvalue weighted by molar-refractivity contribution is 5.58. The smallest absolute Gasteiger partial charge is 0.0340 e. The van der Waals surface area contributed by atoms with Crippen molar-refractivity contribution in [3.63, 3.8) is 0 Å². The highest BCUT2D eigenvalue weighted by Crippen LogP contribution is 2.18. The number of nitrogens with one attached hydrogen (secondary N) is 1. The second-order valence-electron chi connectivity index (χ2n) is 3.12. The van der Waals surface area contributed by atoms with Crippen LogP contribution in [0.25, 0.3) is 6.08 Å². The van der Waals surface area contributed by atoms with Crippen molar-refractivity contribution in [2.24, 2.45) is 0 Å². The zero-order chi connectivity index (χ0) is 9.68. The maximum Gasteiger partial charge on any atom is 0.0340 e. The predicted molar refractivity (Wildman–Crippen MR) is 60.1 cm³/mol. The number of anilines is 1. The van der Waals surface area contributed by atoms with Gasteiger partial charge in [0.25, 0.3) is 0 Å². The van der Waals surface area contributed by atoms with Gasteiger partial charge in [0.2, 0.25) is 0 Å². The van der Waals surface area contributed by atoms with E-state index >= 15 is 0 Å². The van der Waals surface area contributed by atoms with Gasteiger partial charge < -0.3 is 5.32 Å². The van der Waals surface area contributed by atoms with Gasteiger partial charge in [-0.1, -0.05) is 32.1 Å². The van der Waals surface area contributed by atoms with Gasteiger partial charge in [0, 0.05) is 12.7 Å². The van der Waals surface area contributed by atoms with Gasteiger partial charge in [0.1, 0.15) is 0 Å². The van der Waals surface area contributed by atoms with E-state index in [1.54, 1.807) is 0 Å². The largest absolute Gasteiger partial charge is 0.388 e. The van der Waals surface area contributed by atoms with Crippen LogP contribution in [0.3, 0.4) is 0 Å². The van der Waals surface area contributed by atoms with Gasteiger partial charge in [-0.15, -0.1) is 0 Å². The molecule has 70 valence electrons. The molecule has 0 saturated heterocycles. The van der Waals surface area contributed by atoms with E-state index in [1.807, 2.05) is 13.1 Å². The van der Waals surface area contributed by atoms with Crippen LogP contribution >= 0.6 is 0 Å². The van der Waals surface area contributed by atoms with Gasteiger partial charge in [-0.2, -0.15) is 0 Å². The molecule has 0 radical (unpaired) electrons. The molecule has 13 heavy (non-hydrogen) atoms. The lowest BCUT2D eigenvalue weighted by Crippen LogP contribution is -1.93. The fourth-order valence-corrected chi connectivity index (χ4v) is 1.45. The molecule has 1 nitrogen and oxygen atoms in total. The minimum atomic E-state index is 1.12. The van der Waals surface area contributed by atoms with E-state index in [0.29, 0.717) is 0 Å². The molecule has 0 saturated carbocycles. The Morgan fingerprint density at radius 1 is 1.46 bits per heavy atom. The van der Waals surface area contributed by atoms with E-state index in [9.17, 15) is 0 Å². The van der Waals surface area contributed by atoms with Crippen LogP contribution in [-0.2, 0) is 6.42 Å². The number of benzene rings is 1. The molecule has 1 N–H and O–H groups in total. The van der Waals surface area contributed by atoms with Crippen molar-refractivity contribution in [2.75, 3.05) is 12.4 Å². The lowest BCUT2D eigenvalue weighted by atomic mass is 10.0. The summed E-state index contributed by atoms with van der Waals surface area (Å²) in [4.78, 5) is 0. The summed E-state index contributed by atoms with van der Waals surface area (Å²) in [5.41, 5.74) is 3.80. The van der Waals surface area contributed by atoms with Crippen molar-refractivity contribution >= 4 is 11.8 Å². The first-order chi connectivity index (χ1) is 6.31. The van der Waals surface area contributed by atoms with Crippen LogP contribution in [0.15, 0.2) is 24.8 Å².